The Bertz CT molecular complexity index is 1050. The molecular formula is C23H27N5O3S. The summed E-state index contributed by atoms with van der Waals surface area (Å²) in [5.74, 6) is 7.47. The molecule has 1 amide bonds. The van der Waals surface area contributed by atoms with Crippen LogP contribution in [0.25, 0.3) is 11.4 Å². The van der Waals surface area contributed by atoms with Crippen LogP contribution in [0.1, 0.15) is 18.4 Å². The summed E-state index contributed by atoms with van der Waals surface area (Å²) in [5.41, 5.74) is 1.87. The van der Waals surface area contributed by atoms with Crippen LogP contribution in [0.5, 0.6) is 5.75 Å². The van der Waals surface area contributed by atoms with Crippen molar-refractivity contribution < 1.29 is 14.3 Å². The Morgan fingerprint density at radius 1 is 1.16 bits per heavy atom. The second-order valence-corrected chi connectivity index (χ2v) is 8.64. The maximum Gasteiger partial charge on any atom is 0.230 e. The molecule has 2 aromatic carbocycles. The van der Waals surface area contributed by atoms with Crippen molar-refractivity contribution in [3.8, 4) is 17.1 Å². The van der Waals surface area contributed by atoms with Gasteiger partial charge in [0.1, 0.15) is 5.75 Å². The maximum absolute atomic E-state index is 12.6. The van der Waals surface area contributed by atoms with Gasteiger partial charge in [0.2, 0.25) is 11.1 Å². The van der Waals surface area contributed by atoms with Crippen molar-refractivity contribution in [2.24, 2.45) is 0 Å². The van der Waals surface area contributed by atoms with E-state index in [4.69, 9.17) is 15.3 Å². The number of nitrogens with one attached hydrogen (secondary N) is 1. The first-order valence-electron chi connectivity index (χ1n) is 10.5. The summed E-state index contributed by atoms with van der Waals surface area (Å²) >= 11 is 1.25. The Morgan fingerprint density at radius 3 is 2.62 bits per heavy atom. The number of para-hydroxylation sites is 1. The van der Waals surface area contributed by atoms with E-state index in [1.807, 2.05) is 42.5 Å². The quantitative estimate of drug-likeness (QED) is 0.399. The molecule has 0 atom stereocenters. The second-order valence-electron chi connectivity index (χ2n) is 7.70. The molecule has 0 bridgehead atoms. The van der Waals surface area contributed by atoms with Crippen molar-refractivity contribution in [1.82, 2.24) is 20.2 Å². The monoisotopic (exact) mass is 453 g/mol. The van der Waals surface area contributed by atoms with Crippen LogP contribution >= 0.6 is 11.8 Å². The van der Waals surface area contributed by atoms with Crippen LogP contribution in [-0.2, 0) is 14.9 Å². The molecule has 1 saturated heterocycles. The van der Waals surface area contributed by atoms with Gasteiger partial charge in [-0.05, 0) is 30.5 Å². The minimum absolute atomic E-state index is 0.0707. The van der Waals surface area contributed by atoms with Crippen molar-refractivity contribution in [3.05, 3.63) is 60.2 Å². The van der Waals surface area contributed by atoms with Gasteiger partial charge in [-0.25, -0.2) is 4.68 Å². The third kappa shape index (κ3) is 4.73. The van der Waals surface area contributed by atoms with E-state index in [0.29, 0.717) is 36.5 Å². The summed E-state index contributed by atoms with van der Waals surface area (Å²) in [7, 11) is 1.59. The van der Waals surface area contributed by atoms with Crippen molar-refractivity contribution in [1.29, 1.82) is 0 Å². The van der Waals surface area contributed by atoms with Crippen LogP contribution in [-0.4, -0.2) is 53.4 Å². The van der Waals surface area contributed by atoms with Gasteiger partial charge in [-0.2, -0.15) is 0 Å². The zero-order valence-corrected chi connectivity index (χ0v) is 18.8. The molecule has 1 aliphatic rings. The van der Waals surface area contributed by atoms with E-state index < -0.39 is 0 Å². The number of carbonyl (C=O) groups excluding carboxylic acids is 1. The fraction of sp³-hybridized carbons (Fsp3) is 0.348. The van der Waals surface area contributed by atoms with Crippen molar-refractivity contribution >= 4 is 17.7 Å². The normalized spacial score (nSPS) is 15.3. The molecule has 0 saturated carbocycles. The topological polar surface area (TPSA) is 104 Å². The molecule has 168 valence electrons. The number of carbonyl (C=O) groups is 1. The number of nitrogens with two attached hydrogens (primary N) is 1. The molecular weight excluding hydrogens is 426 g/mol. The summed E-state index contributed by atoms with van der Waals surface area (Å²) in [6.45, 7) is 1.96. The molecule has 3 N–H and O–H groups in total. The number of aromatic nitrogens is 3. The van der Waals surface area contributed by atoms with E-state index in [0.717, 1.165) is 18.4 Å². The summed E-state index contributed by atoms with van der Waals surface area (Å²) < 4.78 is 12.3. The molecule has 1 aliphatic heterocycles. The van der Waals surface area contributed by atoms with E-state index in [2.05, 4.69) is 27.6 Å². The third-order valence-corrected chi connectivity index (χ3v) is 6.75. The lowest BCUT2D eigenvalue weighted by atomic mass is 9.74. The van der Waals surface area contributed by atoms with Gasteiger partial charge in [-0.15, -0.1) is 10.2 Å². The maximum atomic E-state index is 12.6. The minimum atomic E-state index is -0.106. The highest BCUT2D eigenvalue weighted by Gasteiger charge is 2.34. The number of amides is 1. The first-order valence-corrected chi connectivity index (χ1v) is 11.5. The Balaban J connectivity index is 1.39. The molecule has 4 rings (SSSR count). The highest BCUT2D eigenvalue weighted by atomic mass is 32.2. The van der Waals surface area contributed by atoms with Crippen LogP contribution in [0, 0.1) is 0 Å². The first kappa shape index (κ1) is 22.2. The van der Waals surface area contributed by atoms with E-state index in [1.165, 1.54) is 22.0 Å². The fourth-order valence-corrected chi connectivity index (χ4v) is 4.65. The number of nitrogen functional groups attached to an aromatic ring is 1. The van der Waals surface area contributed by atoms with Gasteiger partial charge in [0.25, 0.3) is 0 Å². The smallest absolute Gasteiger partial charge is 0.230 e. The molecule has 0 radical (unpaired) electrons. The predicted octanol–water partition coefficient (Wildman–Crippen LogP) is 2.62. The molecule has 1 aromatic heterocycles. The van der Waals surface area contributed by atoms with Gasteiger partial charge >= 0.3 is 0 Å². The summed E-state index contributed by atoms with van der Waals surface area (Å²) in [6, 6.07) is 17.8. The Labute approximate surface area is 191 Å². The van der Waals surface area contributed by atoms with Crippen LogP contribution in [0.4, 0.5) is 0 Å². The van der Waals surface area contributed by atoms with Gasteiger partial charge in [-0.1, -0.05) is 54.2 Å². The first-order chi connectivity index (χ1) is 15.6. The van der Waals surface area contributed by atoms with Gasteiger partial charge in [0.15, 0.2) is 5.82 Å². The number of thioether (sulfide) groups is 1. The minimum Gasteiger partial charge on any atom is -0.496 e. The van der Waals surface area contributed by atoms with Gasteiger partial charge in [0.05, 0.1) is 18.4 Å². The molecule has 0 spiro atoms. The van der Waals surface area contributed by atoms with Crippen LogP contribution in [0.2, 0.25) is 0 Å². The Kier molecular flexibility index (Phi) is 6.96. The van der Waals surface area contributed by atoms with Gasteiger partial charge < -0.3 is 20.6 Å². The Morgan fingerprint density at radius 2 is 1.88 bits per heavy atom. The zero-order chi connectivity index (χ0) is 22.4. The average molecular weight is 454 g/mol. The number of nitrogens with zero attached hydrogens (tertiary/aromatic N) is 3. The van der Waals surface area contributed by atoms with E-state index >= 15 is 0 Å². The number of hydrogen-bond donors (Lipinski definition) is 2. The third-order valence-electron chi connectivity index (χ3n) is 5.80. The van der Waals surface area contributed by atoms with Crippen LogP contribution in [0.15, 0.2) is 59.8 Å². The summed E-state index contributed by atoms with van der Waals surface area (Å²) in [5, 5.41) is 11.9. The van der Waals surface area contributed by atoms with Crippen molar-refractivity contribution in [2.75, 3.05) is 38.5 Å². The molecule has 3 aromatic rings. The van der Waals surface area contributed by atoms with Gasteiger partial charge in [0, 0.05) is 25.2 Å². The summed E-state index contributed by atoms with van der Waals surface area (Å²) in [4.78, 5) is 12.6. The van der Waals surface area contributed by atoms with Crippen LogP contribution < -0.4 is 15.9 Å². The highest BCUT2D eigenvalue weighted by Crippen LogP contribution is 2.34. The highest BCUT2D eigenvalue weighted by molar-refractivity contribution is 7.99. The molecule has 2 heterocycles. The lowest BCUT2D eigenvalue weighted by Gasteiger charge is -2.38. The molecule has 0 aliphatic carbocycles. The van der Waals surface area contributed by atoms with Crippen molar-refractivity contribution in [2.45, 2.75) is 23.4 Å². The lowest BCUT2D eigenvalue weighted by Crippen LogP contribution is -2.45. The number of hydrogen-bond acceptors (Lipinski definition) is 7. The molecule has 1 fully saturated rings. The second kappa shape index (κ2) is 10.1. The Hall–Kier alpha value is -3.04. The predicted molar refractivity (Wildman–Crippen MR) is 124 cm³/mol. The zero-order valence-electron chi connectivity index (χ0n) is 18.0. The van der Waals surface area contributed by atoms with E-state index in [9.17, 15) is 4.79 Å². The number of ether oxygens (including phenoxy) is 2. The molecule has 9 heteroatoms. The van der Waals surface area contributed by atoms with E-state index in [1.54, 1.807) is 7.11 Å². The number of benzene rings is 2. The lowest BCUT2D eigenvalue weighted by molar-refractivity contribution is -0.119. The molecule has 8 nitrogen and oxygen atoms in total. The standard InChI is InChI=1S/C23H27N5O3S/c1-30-19-10-6-5-9-18(19)21-26-27-22(28(21)24)32-15-20(29)25-16-23(11-13-31-14-12-23)17-7-3-2-4-8-17/h2-10H,11-16,24H2,1H3,(H,25,29). The molecule has 32 heavy (non-hydrogen) atoms. The van der Waals surface area contributed by atoms with Crippen molar-refractivity contribution in [3.63, 3.8) is 0 Å². The summed E-state index contributed by atoms with van der Waals surface area (Å²) in [6.07, 6.45) is 1.76. The van der Waals surface area contributed by atoms with Crippen LogP contribution in [0.3, 0.4) is 0 Å². The molecule has 0 unspecified atom stereocenters. The largest absolute Gasteiger partial charge is 0.496 e. The fourth-order valence-electron chi connectivity index (χ4n) is 3.96. The van der Waals surface area contributed by atoms with E-state index in [-0.39, 0.29) is 17.1 Å². The SMILES string of the molecule is COc1ccccc1-c1nnc(SCC(=O)NCC2(c3ccccc3)CCOCC2)n1N. The van der Waals surface area contributed by atoms with Gasteiger partial charge in [-0.3, -0.25) is 4.79 Å². The average Bonchev–Trinajstić information content (AvgIpc) is 3.22. The number of methoxy groups -OCH3 is 1. The number of rotatable bonds is 8.